The van der Waals surface area contributed by atoms with Gasteiger partial charge in [-0.15, -0.1) is 0 Å². The van der Waals surface area contributed by atoms with Crippen molar-refractivity contribution in [2.45, 2.75) is 43.6 Å². The summed E-state index contributed by atoms with van der Waals surface area (Å²) in [6.45, 7) is 3.22. The van der Waals surface area contributed by atoms with Gasteiger partial charge >= 0.3 is 0 Å². The zero-order valence-electron chi connectivity index (χ0n) is 16.0. The normalized spacial score (nSPS) is 32.4. The molecule has 2 aliphatic heterocycles. The predicted molar refractivity (Wildman–Crippen MR) is 101 cm³/mol. The topological polar surface area (TPSA) is 56.6 Å². The minimum absolute atomic E-state index is 0.0874. The highest BCUT2D eigenvalue weighted by atomic mass is 16.5. The smallest absolute Gasteiger partial charge is 0.224 e. The summed E-state index contributed by atoms with van der Waals surface area (Å²) < 4.78 is 5.51. The summed E-state index contributed by atoms with van der Waals surface area (Å²) in [4.78, 5) is 17.4. The van der Waals surface area contributed by atoms with Crippen LogP contribution in [0.25, 0.3) is 0 Å². The number of carbonyl (C=O) groups is 1. The summed E-state index contributed by atoms with van der Waals surface area (Å²) >= 11 is 0. The Balaban J connectivity index is 1.57. The van der Waals surface area contributed by atoms with Gasteiger partial charge in [0.05, 0.1) is 13.2 Å². The number of carbonyl (C=O) groups excluding carboxylic acids is 1. The molecule has 1 aromatic carbocycles. The maximum Gasteiger partial charge on any atom is 0.224 e. The van der Waals surface area contributed by atoms with Gasteiger partial charge in [-0.2, -0.15) is 5.26 Å². The number of nitrogens with zero attached hydrogens (tertiary/aromatic N) is 3. The molecule has 27 heavy (non-hydrogen) atoms. The van der Waals surface area contributed by atoms with E-state index in [0.29, 0.717) is 18.4 Å². The van der Waals surface area contributed by atoms with Crippen LogP contribution in [0.15, 0.2) is 18.2 Å². The van der Waals surface area contributed by atoms with Crippen LogP contribution in [-0.2, 0) is 16.6 Å². The summed E-state index contributed by atoms with van der Waals surface area (Å²) in [5.41, 5.74) is 2.63. The average Bonchev–Trinajstić information content (AvgIpc) is 3.49. The fourth-order valence-corrected chi connectivity index (χ4v) is 5.90. The van der Waals surface area contributed by atoms with Crippen molar-refractivity contribution in [3.8, 4) is 11.8 Å². The highest BCUT2D eigenvalue weighted by Gasteiger charge is 2.57. The van der Waals surface area contributed by atoms with Gasteiger partial charge in [-0.1, -0.05) is 6.07 Å². The first kappa shape index (κ1) is 17.1. The van der Waals surface area contributed by atoms with Crippen LogP contribution in [0, 0.1) is 23.2 Å². The van der Waals surface area contributed by atoms with Crippen LogP contribution in [0.3, 0.4) is 0 Å². The molecule has 5 heteroatoms. The van der Waals surface area contributed by atoms with E-state index in [2.05, 4.69) is 29.2 Å². The number of amides is 1. The van der Waals surface area contributed by atoms with Crippen LogP contribution >= 0.6 is 0 Å². The lowest BCUT2D eigenvalue weighted by atomic mass is 9.54. The molecule has 2 bridgehead atoms. The van der Waals surface area contributed by atoms with E-state index in [-0.39, 0.29) is 17.9 Å². The highest BCUT2D eigenvalue weighted by Crippen LogP contribution is 2.54. The quantitative estimate of drug-likeness (QED) is 0.769. The number of likely N-dealkylation sites (tertiary alicyclic amines) is 2. The lowest BCUT2D eigenvalue weighted by Crippen LogP contribution is -2.66. The third-order valence-corrected chi connectivity index (χ3v) is 7.46. The van der Waals surface area contributed by atoms with Gasteiger partial charge < -0.3 is 9.64 Å². The number of benzene rings is 1. The van der Waals surface area contributed by atoms with Gasteiger partial charge in [0.25, 0.3) is 0 Å². The van der Waals surface area contributed by atoms with Crippen molar-refractivity contribution in [2.24, 2.45) is 11.8 Å². The third-order valence-electron chi connectivity index (χ3n) is 7.46. The van der Waals surface area contributed by atoms with Gasteiger partial charge in [0.1, 0.15) is 12.3 Å². The number of hydrogen-bond donors (Lipinski definition) is 0. The first-order valence-electron chi connectivity index (χ1n) is 10.2. The Morgan fingerprint density at radius 1 is 1.37 bits per heavy atom. The minimum Gasteiger partial charge on any atom is -0.497 e. The first-order valence-corrected chi connectivity index (χ1v) is 10.2. The molecule has 0 aromatic heterocycles. The molecule has 3 fully saturated rings. The van der Waals surface area contributed by atoms with Crippen molar-refractivity contribution in [3.05, 3.63) is 29.3 Å². The number of piperidine rings is 2. The Bertz CT molecular complexity index is 812. The van der Waals surface area contributed by atoms with E-state index in [4.69, 9.17) is 10.00 Å². The molecule has 0 radical (unpaired) electrons. The molecule has 142 valence electrons. The van der Waals surface area contributed by atoms with Gasteiger partial charge in [0, 0.05) is 36.9 Å². The molecule has 0 spiro atoms. The van der Waals surface area contributed by atoms with Gasteiger partial charge in [-0.05, 0) is 61.4 Å². The van der Waals surface area contributed by atoms with Gasteiger partial charge in [-0.25, -0.2) is 0 Å². The molecule has 2 saturated heterocycles. The van der Waals surface area contributed by atoms with Crippen LogP contribution in [-0.4, -0.2) is 55.0 Å². The van der Waals surface area contributed by atoms with E-state index < -0.39 is 0 Å². The monoisotopic (exact) mass is 365 g/mol. The van der Waals surface area contributed by atoms with Crippen LogP contribution in [0.5, 0.6) is 5.75 Å². The van der Waals surface area contributed by atoms with Crippen molar-refractivity contribution in [2.75, 3.05) is 33.3 Å². The van der Waals surface area contributed by atoms with E-state index in [0.717, 1.165) is 37.6 Å². The number of rotatable bonds is 4. The second-order valence-electron chi connectivity index (χ2n) is 8.85. The molecule has 1 aromatic rings. The number of hydrogen-bond acceptors (Lipinski definition) is 4. The second kappa shape index (κ2) is 6.24. The Kier molecular flexibility index (Phi) is 3.94. The molecule has 0 N–H and O–H groups in total. The lowest BCUT2D eigenvalue weighted by Gasteiger charge is -2.60. The highest BCUT2D eigenvalue weighted by molar-refractivity contribution is 5.80. The van der Waals surface area contributed by atoms with Crippen molar-refractivity contribution in [1.82, 2.24) is 9.80 Å². The van der Waals surface area contributed by atoms with Gasteiger partial charge in [-0.3, -0.25) is 9.69 Å². The lowest BCUT2D eigenvalue weighted by molar-refractivity contribution is -0.143. The largest absolute Gasteiger partial charge is 0.497 e. The van der Waals surface area contributed by atoms with Crippen molar-refractivity contribution < 1.29 is 9.53 Å². The molecule has 3 unspecified atom stereocenters. The van der Waals surface area contributed by atoms with E-state index in [1.165, 1.54) is 30.5 Å². The van der Waals surface area contributed by atoms with Crippen LogP contribution in [0.2, 0.25) is 0 Å². The summed E-state index contributed by atoms with van der Waals surface area (Å²) in [6, 6.07) is 9.13. The van der Waals surface area contributed by atoms with E-state index in [1.54, 1.807) is 12.0 Å². The van der Waals surface area contributed by atoms with E-state index in [9.17, 15) is 4.79 Å². The molecule has 5 nitrogen and oxygen atoms in total. The Morgan fingerprint density at radius 3 is 2.96 bits per heavy atom. The van der Waals surface area contributed by atoms with E-state index >= 15 is 0 Å². The Hall–Kier alpha value is -2.06. The number of fused-ring (bicyclic) bond motifs is 1. The number of ether oxygens (including phenoxy) is 1. The van der Waals surface area contributed by atoms with Crippen LogP contribution in [0.1, 0.15) is 36.8 Å². The fraction of sp³-hybridized carbons (Fsp3) is 0.636. The number of nitriles is 1. The first-order chi connectivity index (χ1) is 13.1. The Labute approximate surface area is 160 Å². The minimum atomic E-state index is -0.0874. The molecule has 1 saturated carbocycles. The summed E-state index contributed by atoms with van der Waals surface area (Å²) in [5, 5.41) is 9.17. The Morgan fingerprint density at radius 2 is 2.22 bits per heavy atom. The predicted octanol–water partition coefficient (Wildman–Crippen LogP) is 2.35. The van der Waals surface area contributed by atoms with E-state index in [1.807, 2.05) is 0 Å². The summed E-state index contributed by atoms with van der Waals surface area (Å²) in [5.74, 6) is 2.30. The van der Waals surface area contributed by atoms with Gasteiger partial charge in [0.15, 0.2) is 0 Å². The van der Waals surface area contributed by atoms with Crippen molar-refractivity contribution >= 4 is 5.91 Å². The fourth-order valence-electron chi connectivity index (χ4n) is 5.90. The molecule has 5 rings (SSSR count). The van der Waals surface area contributed by atoms with Crippen molar-refractivity contribution in [1.29, 1.82) is 5.26 Å². The molecular weight excluding hydrogens is 338 g/mol. The third kappa shape index (κ3) is 2.65. The molecule has 4 aliphatic rings. The molecule has 2 aliphatic carbocycles. The standard InChI is InChI=1S/C22H27N3O2/c1-27-17-5-4-16-10-20-19-14-25(9-7-23)21(26)12-22(19,18(16)11-17)6-8-24(20)13-15-2-3-15/h4-5,11,15,19-20H,2-3,6,8-10,12-14H2,1H3. The van der Waals surface area contributed by atoms with Gasteiger partial charge in [0.2, 0.25) is 5.91 Å². The average molecular weight is 365 g/mol. The zero-order valence-corrected chi connectivity index (χ0v) is 16.0. The van der Waals surface area contributed by atoms with Crippen LogP contribution in [0.4, 0.5) is 0 Å². The maximum absolute atomic E-state index is 12.9. The summed E-state index contributed by atoms with van der Waals surface area (Å²) in [6.07, 6.45) is 5.35. The van der Waals surface area contributed by atoms with Crippen molar-refractivity contribution in [3.63, 3.8) is 0 Å². The molecule has 3 atom stereocenters. The zero-order chi connectivity index (χ0) is 18.6. The molecular formula is C22H27N3O2. The number of methoxy groups -OCH3 is 1. The maximum atomic E-state index is 12.9. The molecule has 1 amide bonds. The second-order valence-corrected chi connectivity index (χ2v) is 8.85. The SMILES string of the molecule is COc1ccc2c(c1)C13CCN(CC4CC4)C(C2)C1CN(CC#N)C(=O)C3. The van der Waals surface area contributed by atoms with Crippen LogP contribution < -0.4 is 4.74 Å². The molecule has 2 heterocycles. The summed E-state index contributed by atoms with van der Waals surface area (Å²) in [7, 11) is 1.71.